The minimum atomic E-state index is -4.93. The molecule has 15 heteroatoms. The minimum Gasteiger partial charge on any atom is -0.355 e. The summed E-state index contributed by atoms with van der Waals surface area (Å²) in [5.41, 5.74) is -4.87. The number of hydrogen-bond acceptors (Lipinski definition) is 7. The van der Waals surface area contributed by atoms with E-state index >= 15 is 0 Å². The zero-order valence-electron chi connectivity index (χ0n) is 27.6. The fraction of sp³-hybridized carbons (Fsp3) is 0.438. The monoisotopic (exact) mass is 677 g/mol. The highest BCUT2D eigenvalue weighted by atomic mass is 31.2. The van der Waals surface area contributed by atoms with E-state index in [2.05, 4.69) is 15.4 Å². The number of amides is 1. The second-order valence-electron chi connectivity index (χ2n) is 13.3. The largest absolute Gasteiger partial charge is 0.474 e. The van der Waals surface area contributed by atoms with Crippen LogP contribution in [0.15, 0.2) is 59.8 Å². The Hall–Kier alpha value is -3.84. The number of phosphoric ester groups is 1. The van der Waals surface area contributed by atoms with E-state index in [0.717, 1.165) is 18.0 Å². The summed E-state index contributed by atoms with van der Waals surface area (Å²) in [6.07, 6.45) is -2.50. The van der Waals surface area contributed by atoms with Crippen LogP contribution in [0.5, 0.6) is 0 Å². The van der Waals surface area contributed by atoms with E-state index < -0.39 is 47.8 Å². The van der Waals surface area contributed by atoms with Crippen molar-refractivity contribution in [3.63, 3.8) is 0 Å². The van der Waals surface area contributed by atoms with Crippen molar-refractivity contribution >= 4 is 24.6 Å². The summed E-state index contributed by atoms with van der Waals surface area (Å²) in [4.78, 5) is 40.5. The van der Waals surface area contributed by atoms with E-state index in [1.807, 2.05) is 0 Å². The molecule has 1 unspecified atom stereocenters. The van der Waals surface area contributed by atoms with Crippen LogP contribution >= 0.6 is 7.82 Å². The summed E-state index contributed by atoms with van der Waals surface area (Å²) < 4.78 is 69.3. The summed E-state index contributed by atoms with van der Waals surface area (Å²) in [6.45, 7) is 11.7. The average molecular weight is 678 g/mol. The molecule has 47 heavy (non-hydrogen) atoms. The van der Waals surface area contributed by atoms with Gasteiger partial charge in [-0.3, -0.25) is 23.2 Å². The van der Waals surface area contributed by atoms with Crippen LogP contribution in [0.25, 0.3) is 22.0 Å². The van der Waals surface area contributed by atoms with Gasteiger partial charge in [-0.25, -0.2) is 14.2 Å². The predicted molar refractivity (Wildman–Crippen MR) is 171 cm³/mol. The molecule has 2 atom stereocenters. The molecule has 4 rings (SSSR count). The van der Waals surface area contributed by atoms with Crippen molar-refractivity contribution in [3.05, 3.63) is 82.2 Å². The molecule has 4 aromatic rings. The van der Waals surface area contributed by atoms with Gasteiger partial charge in [-0.2, -0.15) is 18.3 Å². The highest BCUT2D eigenvalue weighted by molar-refractivity contribution is 7.47. The molecule has 0 radical (unpaired) electrons. The number of rotatable bonds is 8. The molecule has 0 saturated carbocycles. The molecule has 0 saturated heterocycles. The molecule has 2 aromatic carbocycles. The van der Waals surface area contributed by atoms with Crippen LogP contribution in [0, 0.1) is 10.8 Å². The fourth-order valence-corrected chi connectivity index (χ4v) is 7.15. The molecule has 254 valence electrons. The Labute approximate surface area is 270 Å². The smallest absolute Gasteiger partial charge is 0.355 e. The number of nitrogens with zero attached hydrogens (tertiary/aromatic N) is 4. The molecule has 0 bridgehead atoms. The lowest BCUT2D eigenvalue weighted by atomic mass is 9.68. The molecular formula is C32H39F3N5O6P. The predicted octanol–water partition coefficient (Wildman–Crippen LogP) is 6.76. The standard InChI is InChI=1S/C32H39F3N5O6P/c1-19(20-11-10-12-22(15-20)27(41)36-8)39-18-37-25-16-21(13-14-23(25)28(39)42)24-17-40(38-26(24)31(33,34)35)32(29(2,3)4,30(5,6)7)46-47(43,44)45-9/h10-19H,1-9H3,(H,36,41)(H,43,44)/t19-/m0/s1. The SMILES string of the molecule is CNC(=O)c1cccc([C@H](C)n2cnc3cc(-c4cn(C(OP(=O)(O)OC)(C(C)(C)C)C(C)(C)C)nc4C(F)(F)F)ccc3c2=O)c1. The van der Waals surface area contributed by atoms with Gasteiger partial charge in [0.1, 0.15) is 0 Å². The number of carbonyl (C=O) groups is 1. The zero-order valence-corrected chi connectivity index (χ0v) is 28.5. The van der Waals surface area contributed by atoms with E-state index in [0.29, 0.717) is 11.1 Å². The number of carbonyl (C=O) groups excluding carboxylic acids is 1. The van der Waals surface area contributed by atoms with Crippen LogP contribution in [0.3, 0.4) is 0 Å². The lowest BCUT2D eigenvalue weighted by molar-refractivity contribution is -0.201. The lowest BCUT2D eigenvalue weighted by Crippen LogP contribution is -2.56. The summed E-state index contributed by atoms with van der Waals surface area (Å²) in [7, 11) is -2.29. The van der Waals surface area contributed by atoms with Crippen LogP contribution in [-0.4, -0.2) is 44.3 Å². The van der Waals surface area contributed by atoms with Crippen molar-refractivity contribution in [1.82, 2.24) is 24.6 Å². The number of nitrogens with one attached hydrogen (secondary N) is 1. The van der Waals surface area contributed by atoms with Crippen molar-refractivity contribution in [2.75, 3.05) is 14.2 Å². The number of phosphoric acid groups is 1. The first-order valence-corrected chi connectivity index (χ1v) is 16.2. The van der Waals surface area contributed by atoms with Gasteiger partial charge in [0.25, 0.3) is 11.5 Å². The first-order valence-electron chi connectivity index (χ1n) is 14.7. The Bertz CT molecular complexity index is 1910. The number of fused-ring (bicyclic) bond motifs is 1. The van der Waals surface area contributed by atoms with Gasteiger partial charge < -0.3 is 10.2 Å². The molecule has 2 aromatic heterocycles. The molecule has 2 heterocycles. The minimum absolute atomic E-state index is 0.0580. The molecule has 2 N–H and O–H groups in total. The van der Waals surface area contributed by atoms with Gasteiger partial charge in [0.2, 0.25) is 0 Å². The van der Waals surface area contributed by atoms with Crippen LogP contribution in [0.1, 0.15) is 76.1 Å². The number of hydrogen-bond donors (Lipinski definition) is 2. The van der Waals surface area contributed by atoms with Crippen molar-refractivity contribution < 1.29 is 36.5 Å². The Morgan fingerprint density at radius 1 is 1.04 bits per heavy atom. The van der Waals surface area contributed by atoms with Gasteiger partial charge in [0.05, 0.1) is 23.3 Å². The van der Waals surface area contributed by atoms with Crippen LogP contribution in [-0.2, 0) is 25.5 Å². The Balaban J connectivity index is 1.90. The first-order chi connectivity index (χ1) is 21.6. The van der Waals surface area contributed by atoms with E-state index in [4.69, 9.17) is 9.05 Å². The molecule has 0 aliphatic rings. The molecule has 0 fully saturated rings. The molecule has 1 amide bonds. The van der Waals surface area contributed by atoms with Gasteiger partial charge in [0.15, 0.2) is 11.4 Å². The highest BCUT2D eigenvalue weighted by Crippen LogP contribution is 2.60. The topological polar surface area (TPSA) is 138 Å². The summed E-state index contributed by atoms with van der Waals surface area (Å²) in [5.74, 6) is -0.282. The van der Waals surface area contributed by atoms with E-state index in [1.165, 1.54) is 36.1 Å². The second kappa shape index (κ2) is 12.3. The normalized spacial score (nSPS) is 15.0. The van der Waals surface area contributed by atoms with Crippen LogP contribution in [0.4, 0.5) is 13.2 Å². The molecular weight excluding hydrogens is 638 g/mol. The fourth-order valence-electron chi connectivity index (χ4n) is 6.11. The van der Waals surface area contributed by atoms with Crippen molar-refractivity contribution in [3.8, 4) is 11.1 Å². The number of halogens is 3. The van der Waals surface area contributed by atoms with Crippen LogP contribution < -0.4 is 10.9 Å². The van der Waals surface area contributed by atoms with E-state index in [1.54, 1.807) is 72.7 Å². The Morgan fingerprint density at radius 3 is 2.23 bits per heavy atom. The van der Waals surface area contributed by atoms with E-state index in [-0.39, 0.29) is 27.9 Å². The Kier molecular flexibility index (Phi) is 9.43. The quantitative estimate of drug-likeness (QED) is 0.195. The van der Waals surface area contributed by atoms with E-state index in [9.17, 15) is 32.2 Å². The third-order valence-electron chi connectivity index (χ3n) is 8.19. The van der Waals surface area contributed by atoms with Crippen molar-refractivity contribution in [2.45, 2.75) is 66.4 Å². The summed E-state index contributed by atoms with van der Waals surface area (Å²) in [5, 5.41) is 6.66. The second-order valence-corrected chi connectivity index (χ2v) is 14.8. The van der Waals surface area contributed by atoms with Gasteiger partial charge in [-0.15, -0.1) is 0 Å². The summed E-state index contributed by atoms with van der Waals surface area (Å²) >= 11 is 0. The summed E-state index contributed by atoms with van der Waals surface area (Å²) in [6, 6.07) is 10.4. The molecule has 11 nitrogen and oxygen atoms in total. The molecule has 0 spiro atoms. The molecule has 0 aliphatic carbocycles. The Morgan fingerprint density at radius 2 is 1.68 bits per heavy atom. The highest BCUT2D eigenvalue weighted by Gasteiger charge is 2.59. The van der Waals surface area contributed by atoms with Gasteiger partial charge in [0, 0.05) is 42.3 Å². The van der Waals surface area contributed by atoms with Gasteiger partial charge in [-0.05, 0) is 42.3 Å². The maximum Gasteiger partial charge on any atom is 0.474 e. The first kappa shape index (κ1) is 36.0. The number of aromatic nitrogens is 4. The maximum absolute atomic E-state index is 14.6. The third kappa shape index (κ3) is 6.64. The number of benzene rings is 2. The zero-order chi connectivity index (χ0) is 35.3. The van der Waals surface area contributed by atoms with Gasteiger partial charge in [-0.1, -0.05) is 59.7 Å². The molecule has 0 aliphatic heterocycles. The number of alkyl halides is 3. The van der Waals surface area contributed by atoms with Crippen molar-refractivity contribution in [2.24, 2.45) is 10.8 Å². The van der Waals surface area contributed by atoms with Crippen molar-refractivity contribution in [1.29, 1.82) is 0 Å². The van der Waals surface area contributed by atoms with Gasteiger partial charge >= 0.3 is 14.0 Å². The third-order valence-corrected chi connectivity index (χ3v) is 9.14. The average Bonchev–Trinajstić information content (AvgIpc) is 3.44. The lowest BCUT2D eigenvalue weighted by Gasteiger charge is -2.52. The maximum atomic E-state index is 14.6. The van der Waals surface area contributed by atoms with Crippen LogP contribution in [0.2, 0.25) is 0 Å².